The first-order valence-electron chi connectivity index (χ1n) is 7.77. The maximum Gasteiger partial charge on any atom is 0.350 e. The molecular formula is C17H20ClN3O3S. The number of thiazole rings is 1. The Bertz CT molecular complexity index is 774. The molecule has 0 bridgehead atoms. The van der Waals surface area contributed by atoms with E-state index in [9.17, 15) is 4.79 Å². The molecule has 8 heteroatoms. The lowest BCUT2D eigenvalue weighted by Crippen LogP contribution is -2.05. The van der Waals surface area contributed by atoms with Crippen molar-refractivity contribution >= 4 is 40.3 Å². The minimum absolute atomic E-state index is 0.0559. The number of esters is 1. The van der Waals surface area contributed by atoms with Gasteiger partial charge in [0.05, 0.1) is 30.1 Å². The SMILES string of the molecule is CCc1nc(N/N=C\c2ccc(OC(C)C)c(Cl)c2)sc1C(=O)OC. The molecular weight excluding hydrogens is 362 g/mol. The van der Waals surface area contributed by atoms with Crippen molar-refractivity contribution in [1.82, 2.24) is 4.98 Å². The van der Waals surface area contributed by atoms with Gasteiger partial charge in [-0.3, -0.25) is 5.43 Å². The Labute approximate surface area is 155 Å². The zero-order chi connectivity index (χ0) is 18.4. The van der Waals surface area contributed by atoms with Crippen molar-refractivity contribution in [2.45, 2.75) is 33.3 Å². The van der Waals surface area contributed by atoms with Crippen LogP contribution in [-0.4, -0.2) is 30.4 Å². The molecule has 1 aromatic carbocycles. The highest BCUT2D eigenvalue weighted by Gasteiger charge is 2.17. The summed E-state index contributed by atoms with van der Waals surface area (Å²) in [6.45, 7) is 5.81. The molecule has 134 valence electrons. The van der Waals surface area contributed by atoms with Crippen molar-refractivity contribution in [2.24, 2.45) is 5.10 Å². The lowest BCUT2D eigenvalue weighted by molar-refractivity contribution is 0.0605. The Morgan fingerprint density at radius 3 is 2.84 bits per heavy atom. The van der Waals surface area contributed by atoms with Crippen molar-refractivity contribution < 1.29 is 14.3 Å². The maximum atomic E-state index is 11.7. The van der Waals surface area contributed by atoms with Crippen LogP contribution in [0.4, 0.5) is 5.13 Å². The predicted molar refractivity (Wildman–Crippen MR) is 101 cm³/mol. The molecule has 1 N–H and O–H groups in total. The Balaban J connectivity index is 2.07. The largest absolute Gasteiger partial charge is 0.489 e. The van der Waals surface area contributed by atoms with Gasteiger partial charge < -0.3 is 9.47 Å². The molecule has 6 nitrogen and oxygen atoms in total. The molecule has 0 aliphatic heterocycles. The van der Waals surface area contributed by atoms with E-state index >= 15 is 0 Å². The summed E-state index contributed by atoms with van der Waals surface area (Å²) in [5, 5.41) is 5.19. The third-order valence-corrected chi connectivity index (χ3v) is 4.37. The number of carbonyl (C=O) groups is 1. The number of hydrogen-bond donors (Lipinski definition) is 1. The van der Waals surface area contributed by atoms with Crippen LogP contribution in [0.5, 0.6) is 5.75 Å². The second kappa shape index (κ2) is 8.82. The first-order chi connectivity index (χ1) is 11.9. The van der Waals surface area contributed by atoms with Gasteiger partial charge in [-0.1, -0.05) is 29.9 Å². The van der Waals surface area contributed by atoms with Crippen molar-refractivity contribution in [2.75, 3.05) is 12.5 Å². The number of aryl methyl sites for hydroxylation is 1. The molecule has 0 aliphatic carbocycles. The maximum absolute atomic E-state index is 11.7. The average Bonchev–Trinajstić information content (AvgIpc) is 2.99. The van der Waals surface area contributed by atoms with Gasteiger partial charge in [0.1, 0.15) is 10.6 Å². The molecule has 0 saturated carbocycles. The van der Waals surface area contributed by atoms with E-state index in [1.54, 1.807) is 18.3 Å². The Hall–Kier alpha value is -2.12. The van der Waals surface area contributed by atoms with Crippen LogP contribution >= 0.6 is 22.9 Å². The summed E-state index contributed by atoms with van der Waals surface area (Å²) in [6, 6.07) is 5.43. The number of carbonyl (C=O) groups excluding carboxylic acids is 1. The molecule has 0 spiro atoms. The highest BCUT2D eigenvalue weighted by Crippen LogP contribution is 2.26. The zero-order valence-electron chi connectivity index (χ0n) is 14.5. The second-order valence-corrected chi connectivity index (χ2v) is 6.77. The minimum atomic E-state index is -0.390. The van der Waals surface area contributed by atoms with Crippen LogP contribution in [-0.2, 0) is 11.2 Å². The molecule has 0 amide bonds. The summed E-state index contributed by atoms with van der Waals surface area (Å²) in [5.74, 6) is 0.246. The van der Waals surface area contributed by atoms with Crippen LogP contribution in [0.15, 0.2) is 23.3 Å². The van der Waals surface area contributed by atoms with Crippen LogP contribution in [0.1, 0.15) is 41.7 Å². The van der Waals surface area contributed by atoms with E-state index in [1.165, 1.54) is 18.4 Å². The van der Waals surface area contributed by atoms with E-state index in [-0.39, 0.29) is 12.1 Å². The molecule has 0 aliphatic rings. The Morgan fingerprint density at radius 1 is 1.48 bits per heavy atom. The van der Waals surface area contributed by atoms with Gasteiger partial charge in [0.25, 0.3) is 0 Å². The monoisotopic (exact) mass is 381 g/mol. The number of ether oxygens (including phenoxy) is 2. The minimum Gasteiger partial charge on any atom is -0.489 e. The van der Waals surface area contributed by atoms with Gasteiger partial charge in [-0.05, 0) is 44.0 Å². The van der Waals surface area contributed by atoms with E-state index in [0.717, 1.165) is 5.56 Å². The normalized spacial score (nSPS) is 11.1. The molecule has 2 aromatic rings. The zero-order valence-corrected chi connectivity index (χ0v) is 16.1. The molecule has 1 aromatic heterocycles. The van der Waals surface area contributed by atoms with Gasteiger partial charge >= 0.3 is 5.97 Å². The second-order valence-electron chi connectivity index (χ2n) is 5.37. The van der Waals surface area contributed by atoms with Gasteiger partial charge in [-0.2, -0.15) is 5.10 Å². The fraction of sp³-hybridized carbons (Fsp3) is 0.353. The summed E-state index contributed by atoms with van der Waals surface area (Å²) in [4.78, 5) is 16.5. The van der Waals surface area contributed by atoms with Crippen molar-refractivity contribution in [1.29, 1.82) is 0 Å². The van der Waals surface area contributed by atoms with Gasteiger partial charge in [0.15, 0.2) is 0 Å². The lowest BCUT2D eigenvalue weighted by atomic mass is 10.2. The lowest BCUT2D eigenvalue weighted by Gasteiger charge is -2.11. The first-order valence-corrected chi connectivity index (χ1v) is 8.97. The van der Waals surface area contributed by atoms with E-state index in [4.69, 9.17) is 21.1 Å². The summed E-state index contributed by atoms with van der Waals surface area (Å²) < 4.78 is 10.3. The average molecular weight is 382 g/mol. The molecule has 0 radical (unpaired) electrons. The van der Waals surface area contributed by atoms with Gasteiger partial charge in [0, 0.05) is 0 Å². The number of anilines is 1. The third kappa shape index (κ3) is 5.17. The van der Waals surface area contributed by atoms with Crippen molar-refractivity contribution in [3.63, 3.8) is 0 Å². The fourth-order valence-corrected chi connectivity index (χ4v) is 3.16. The highest BCUT2D eigenvalue weighted by atomic mass is 35.5. The topological polar surface area (TPSA) is 72.8 Å². The van der Waals surface area contributed by atoms with E-state index in [0.29, 0.717) is 32.9 Å². The molecule has 0 saturated heterocycles. The number of nitrogens with one attached hydrogen (secondary N) is 1. The molecule has 0 unspecified atom stereocenters. The third-order valence-electron chi connectivity index (χ3n) is 3.10. The summed E-state index contributed by atoms with van der Waals surface area (Å²) in [5.41, 5.74) is 4.33. The van der Waals surface area contributed by atoms with E-state index in [1.807, 2.05) is 26.8 Å². The van der Waals surface area contributed by atoms with Crippen LogP contribution in [0.25, 0.3) is 0 Å². The van der Waals surface area contributed by atoms with Gasteiger partial charge in [-0.25, -0.2) is 9.78 Å². The fourth-order valence-electron chi connectivity index (χ4n) is 2.00. The number of aromatic nitrogens is 1. The number of hydrogen-bond acceptors (Lipinski definition) is 7. The summed E-state index contributed by atoms with van der Waals surface area (Å²) >= 11 is 7.40. The number of nitrogens with zero attached hydrogens (tertiary/aromatic N) is 2. The van der Waals surface area contributed by atoms with Crippen LogP contribution in [0, 0.1) is 0 Å². The number of benzene rings is 1. The van der Waals surface area contributed by atoms with Crippen LogP contribution in [0.3, 0.4) is 0 Å². The standard InChI is InChI=1S/C17H20ClN3O3S/c1-5-13-15(16(22)23-4)25-17(20-13)21-19-9-11-6-7-14(12(18)8-11)24-10(2)3/h6-10H,5H2,1-4H3,(H,20,21)/b19-9-. The Kier molecular flexibility index (Phi) is 6.78. The number of hydrazone groups is 1. The number of rotatable bonds is 7. The van der Waals surface area contributed by atoms with E-state index < -0.39 is 0 Å². The molecule has 25 heavy (non-hydrogen) atoms. The Morgan fingerprint density at radius 2 is 2.24 bits per heavy atom. The smallest absolute Gasteiger partial charge is 0.350 e. The van der Waals surface area contributed by atoms with Gasteiger partial charge in [-0.15, -0.1) is 0 Å². The number of methoxy groups -OCH3 is 1. The van der Waals surface area contributed by atoms with Crippen molar-refractivity contribution in [3.8, 4) is 5.75 Å². The summed E-state index contributed by atoms with van der Waals surface area (Å²) in [7, 11) is 1.35. The highest BCUT2D eigenvalue weighted by molar-refractivity contribution is 7.17. The van der Waals surface area contributed by atoms with E-state index in [2.05, 4.69) is 15.5 Å². The molecule has 1 heterocycles. The van der Waals surface area contributed by atoms with Crippen molar-refractivity contribution in [3.05, 3.63) is 39.4 Å². The first kappa shape index (κ1) is 19.2. The van der Waals surface area contributed by atoms with Gasteiger partial charge in [0.2, 0.25) is 5.13 Å². The summed E-state index contributed by atoms with van der Waals surface area (Å²) in [6.07, 6.45) is 2.31. The quantitative estimate of drug-likeness (QED) is 0.437. The number of halogens is 1. The van der Waals surface area contributed by atoms with Crippen LogP contribution < -0.4 is 10.2 Å². The molecule has 0 fully saturated rings. The predicted octanol–water partition coefficient (Wildman–Crippen LogP) is 4.38. The molecule has 0 atom stereocenters. The molecule has 2 rings (SSSR count). The van der Waals surface area contributed by atoms with Crippen LogP contribution in [0.2, 0.25) is 5.02 Å².